The Kier molecular flexibility index (Phi) is 4.85. The fraction of sp³-hybridized carbons (Fsp3) is 0.417. The number of amides is 1. The Bertz CT molecular complexity index is 922. The van der Waals surface area contributed by atoms with E-state index in [-0.39, 0.29) is 11.9 Å². The molecule has 0 N–H and O–H groups in total. The Morgan fingerprint density at radius 3 is 2.38 bits per heavy atom. The average molecular weight is 393 g/mol. The summed E-state index contributed by atoms with van der Waals surface area (Å²) in [6.07, 6.45) is 1.29. The van der Waals surface area contributed by atoms with Crippen molar-refractivity contribution in [3.05, 3.63) is 54.1 Å². The predicted molar refractivity (Wildman–Crippen MR) is 111 cm³/mol. The van der Waals surface area contributed by atoms with E-state index in [0.29, 0.717) is 43.7 Å². The van der Waals surface area contributed by atoms with Crippen molar-refractivity contribution in [2.75, 3.05) is 13.1 Å². The molecule has 2 aromatic carbocycles. The third-order valence-corrected chi connectivity index (χ3v) is 5.52. The van der Waals surface area contributed by atoms with Crippen LogP contribution in [0.2, 0.25) is 0 Å². The maximum atomic E-state index is 13.0. The monoisotopic (exact) mass is 393 g/mol. The molecule has 0 aromatic heterocycles. The van der Waals surface area contributed by atoms with Gasteiger partial charge >= 0.3 is 6.09 Å². The quantitative estimate of drug-likeness (QED) is 0.677. The molecule has 5 nitrogen and oxygen atoms in total. The fourth-order valence-corrected chi connectivity index (χ4v) is 4.01. The molecule has 0 unspecified atom stereocenters. The molecule has 0 aliphatic carbocycles. The Balaban J connectivity index is 1.48. The van der Waals surface area contributed by atoms with Crippen molar-refractivity contribution in [1.82, 2.24) is 4.90 Å². The number of carbonyl (C=O) groups is 2. The molecule has 0 saturated carbocycles. The maximum Gasteiger partial charge on any atom is 0.410 e. The molecule has 152 valence electrons. The first-order valence-corrected chi connectivity index (χ1v) is 10.1. The van der Waals surface area contributed by atoms with Crippen molar-refractivity contribution >= 4 is 11.9 Å². The normalized spacial score (nSPS) is 18.2. The molecule has 1 fully saturated rings. The van der Waals surface area contributed by atoms with Gasteiger partial charge in [-0.1, -0.05) is 36.4 Å². The highest BCUT2D eigenvalue weighted by atomic mass is 16.6. The van der Waals surface area contributed by atoms with E-state index >= 15 is 0 Å². The molecule has 5 heteroatoms. The minimum Gasteiger partial charge on any atom is -0.486 e. The molecule has 0 radical (unpaired) electrons. The summed E-state index contributed by atoms with van der Waals surface area (Å²) in [5.74, 6) is 0.751. The lowest BCUT2D eigenvalue weighted by molar-refractivity contribution is -0.0226. The van der Waals surface area contributed by atoms with Gasteiger partial charge < -0.3 is 14.4 Å². The van der Waals surface area contributed by atoms with Gasteiger partial charge in [0.25, 0.3) is 0 Å². The molecule has 2 aromatic rings. The zero-order chi connectivity index (χ0) is 20.6. The van der Waals surface area contributed by atoms with Crippen LogP contribution in [0.3, 0.4) is 0 Å². The number of rotatable bonds is 1. The molecular formula is C24H27NO4. The second-order valence-electron chi connectivity index (χ2n) is 8.93. The largest absolute Gasteiger partial charge is 0.486 e. The molecule has 2 aliphatic heterocycles. The summed E-state index contributed by atoms with van der Waals surface area (Å²) >= 11 is 0. The molecule has 1 amide bonds. The maximum absolute atomic E-state index is 13.0. The van der Waals surface area contributed by atoms with E-state index in [1.54, 1.807) is 4.90 Å². The first kappa shape index (κ1) is 19.5. The highest BCUT2D eigenvalue weighted by Gasteiger charge is 2.44. The number of hydrogen-bond acceptors (Lipinski definition) is 4. The van der Waals surface area contributed by atoms with Crippen molar-refractivity contribution in [2.45, 2.75) is 51.2 Å². The molecular weight excluding hydrogens is 366 g/mol. The van der Waals surface area contributed by atoms with E-state index in [4.69, 9.17) is 9.47 Å². The summed E-state index contributed by atoms with van der Waals surface area (Å²) in [5, 5.41) is 0. The summed E-state index contributed by atoms with van der Waals surface area (Å²) in [6, 6.07) is 15.8. The van der Waals surface area contributed by atoms with Gasteiger partial charge in [-0.05, 0) is 44.0 Å². The summed E-state index contributed by atoms with van der Waals surface area (Å²) in [5.41, 5.74) is 1.69. The molecule has 1 saturated heterocycles. The zero-order valence-corrected chi connectivity index (χ0v) is 17.2. The first-order valence-electron chi connectivity index (χ1n) is 10.1. The minimum absolute atomic E-state index is 0.106. The van der Waals surface area contributed by atoms with Crippen LogP contribution in [-0.2, 0) is 4.74 Å². The molecule has 1 spiro atoms. The Labute approximate surface area is 171 Å². The van der Waals surface area contributed by atoms with E-state index in [0.717, 1.165) is 11.1 Å². The predicted octanol–water partition coefficient (Wildman–Crippen LogP) is 5.09. The number of nitrogens with zero attached hydrogens (tertiary/aromatic N) is 1. The van der Waals surface area contributed by atoms with Gasteiger partial charge in [0.15, 0.2) is 5.78 Å². The van der Waals surface area contributed by atoms with Crippen LogP contribution in [0, 0.1) is 0 Å². The molecule has 4 rings (SSSR count). The molecule has 0 bridgehead atoms. The number of benzene rings is 2. The Hall–Kier alpha value is -2.82. The fourth-order valence-electron chi connectivity index (χ4n) is 4.01. The van der Waals surface area contributed by atoms with Gasteiger partial charge in [-0.15, -0.1) is 0 Å². The standard InChI is InChI=1S/C24H27NO4/c1-23(2,3)29-22(27)25-13-11-24(12-14-25)16-20(26)19-15-18(9-10-21(19)28-24)17-7-5-4-6-8-17/h4-10,15H,11-14,16H2,1-3H3. The zero-order valence-electron chi connectivity index (χ0n) is 17.2. The lowest BCUT2D eigenvalue weighted by Gasteiger charge is -2.44. The summed E-state index contributed by atoms with van der Waals surface area (Å²) in [4.78, 5) is 27.0. The number of piperidine rings is 1. The van der Waals surface area contributed by atoms with Gasteiger partial charge in [0.2, 0.25) is 0 Å². The van der Waals surface area contributed by atoms with Crippen LogP contribution < -0.4 is 4.74 Å². The van der Waals surface area contributed by atoms with Crippen molar-refractivity contribution in [3.8, 4) is 16.9 Å². The van der Waals surface area contributed by atoms with Crippen molar-refractivity contribution in [3.63, 3.8) is 0 Å². The highest BCUT2D eigenvalue weighted by molar-refractivity contribution is 6.01. The number of ether oxygens (including phenoxy) is 2. The molecule has 2 heterocycles. The van der Waals surface area contributed by atoms with Gasteiger partial charge in [0, 0.05) is 25.9 Å². The Morgan fingerprint density at radius 2 is 1.72 bits per heavy atom. The van der Waals surface area contributed by atoms with Gasteiger partial charge in [0.1, 0.15) is 17.0 Å². The summed E-state index contributed by atoms with van der Waals surface area (Å²) in [7, 11) is 0. The van der Waals surface area contributed by atoms with Crippen LogP contribution in [0.25, 0.3) is 11.1 Å². The van der Waals surface area contributed by atoms with Crippen LogP contribution in [0.15, 0.2) is 48.5 Å². The molecule has 0 atom stereocenters. The van der Waals surface area contributed by atoms with E-state index in [2.05, 4.69) is 0 Å². The lowest BCUT2D eigenvalue weighted by Crippen LogP contribution is -2.52. The van der Waals surface area contributed by atoms with Crippen molar-refractivity contribution in [1.29, 1.82) is 0 Å². The second kappa shape index (κ2) is 7.21. The average Bonchev–Trinajstić information content (AvgIpc) is 2.67. The van der Waals surface area contributed by atoms with Crippen LogP contribution in [0.4, 0.5) is 4.79 Å². The number of ketones is 1. The van der Waals surface area contributed by atoms with Crippen LogP contribution in [-0.4, -0.2) is 41.1 Å². The second-order valence-corrected chi connectivity index (χ2v) is 8.93. The number of Topliss-reactive ketones (excluding diaryl/α,β-unsaturated/α-hetero) is 1. The number of likely N-dealkylation sites (tertiary alicyclic amines) is 1. The number of carbonyl (C=O) groups excluding carboxylic acids is 2. The minimum atomic E-state index is -0.531. The number of hydrogen-bond donors (Lipinski definition) is 0. The molecule has 2 aliphatic rings. The number of fused-ring (bicyclic) bond motifs is 1. The van der Waals surface area contributed by atoms with Crippen LogP contribution in [0.5, 0.6) is 5.75 Å². The third-order valence-electron chi connectivity index (χ3n) is 5.52. The lowest BCUT2D eigenvalue weighted by atomic mass is 9.82. The van der Waals surface area contributed by atoms with E-state index in [1.807, 2.05) is 69.3 Å². The van der Waals surface area contributed by atoms with Gasteiger partial charge in [-0.25, -0.2) is 4.79 Å². The van der Waals surface area contributed by atoms with E-state index in [1.165, 1.54) is 0 Å². The topological polar surface area (TPSA) is 55.8 Å². The van der Waals surface area contributed by atoms with Crippen LogP contribution >= 0.6 is 0 Å². The van der Waals surface area contributed by atoms with E-state index < -0.39 is 11.2 Å². The smallest absolute Gasteiger partial charge is 0.410 e. The SMILES string of the molecule is CC(C)(C)OC(=O)N1CCC2(CC1)CC(=O)c1cc(-c3ccccc3)ccc1O2. The summed E-state index contributed by atoms with van der Waals surface area (Å²) < 4.78 is 11.8. The highest BCUT2D eigenvalue weighted by Crippen LogP contribution is 2.40. The van der Waals surface area contributed by atoms with E-state index in [9.17, 15) is 9.59 Å². The Morgan fingerprint density at radius 1 is 1.03 bits per heavy atom. The third kappa shape index (κ3) is 4.14. The summed E-state index contributed by atoms with van der Waals surface area (Å²) in [6.45, 7) is 6.64. The molecule has 29 heavy (non-hydrogen) atoms. The van der Waals surface area contributed by atoms with Crippen LogP contribution in [0.1, 0.15) is 50.4 Å². The van der Waals surface area contributed by atoms with Gasteiger partial charge in [0.05, 0.1) is 12.0 Å². The first-order chi connectivity index (χ1) is 13.7. The van der Waals surface area contributed by atoms with Crippen molar-refractivity contribution < 1.29 is 19.1 Å². The van der Waals surface area contributed by atoms with Gasteiger partial charge in [-0.3, -0.25) is 4.79 Å². The van der Waals surface area contributed by atoms with Gasteiger partial charge in [-0.2, -0.15) is 0 Å². The van der Waals surface area contributed by atoms with Crippen molar-refractivity contribution in [2.24, 2.45) is 0 Å².